The van der Waals surface area contributed by atoms with Gasteiger partial charge < -0.3 is 4.90 Å². The predicted octanol–water partition coefficient (Wildman–Crippen LogP) is 15.7. The molecule has 2 heteroatoms. The van der Waals surface area contributed by atoms with Gasteiger partial charge in [0.05, 0.1) is 10.8 Å². The van der Waals surface area contributed by atoms with Crippen molar-refractivity contribution in [3.8, 4) is 44.5 Å². The van der Waals surface area contributed by atoms with Crippen molar-refractivity contribution in [2.75, 3.05) is 4.90 Å². The summed E-state index contributed by atoms with van der Waals surface area (Å²) >= 11 is 0. The van der Waals surface area contributed by atoms with Gasteiger partial charge in [0.2, 0.25) is 0 Å². The summed E-state index contributed by atoms with van der Waals surface area (Å²) in [6.45, 7) is 0. The van der Waals surface area contributed by atoms with Crippen LogP contribution in [0.3, 0.4) is 0 Å². The zero-order chi connectivity index (χ0) is 42.4. The molecule has 0 unspecified atom stereocenters. The summed E-state index contributed by atoms with van der Waals surface area (Å²) in [6, 6.07) is 87.2. The summed E-state index contributed by atoms with van der Waals surface area (Å²) in [4.78, 5) is 2.40. The maximum Gasteiger partial charge on any atom is 0.123 e. The third-order valence-electron chi connectivity index (χ3n) is 14.2. The first-order chi connectivity index (χ1) is 31.7. The van der Waals surface area contributed by atoms with Gasteiger partial charge in [-0.05, 0) is 144 Å². The Labute approximate surface area is 373 Å². The number of para-hydroxylation sites is 1. The van der Waals surface area contributed by atoms with Gasteiger partial charge in [-0.2, -0.15) is 0 Å². The standard InChI is InChI=1S/C62H40FN/c63-45-34-32-43(33-35-45)61(55-27-9-4-22-49(55)50-23-5-10-28-56(50)61)44-18-14-16-41(38-44)42-17-15-21-47(39-42)64(46-19-2-1-3-20-46)48-36-37-54-53-26-8-13-31-59(53)62(60(54)40-48)57-29-11-6-24-51(57)52-25-7-12-30-58(52)62/h1-40H. The van der Waals surface area contributed by atoms with Crippen LogP contribution in [0.25, 0.3) is 44.5 Å². The molecular formula is C62H40FN. The van der Waals surface area contributed by atoms with Gasteiger partial charge in [-0.25, -0.2) is 4.39 Å². The average Bonchev–Trinajstić information content (AvgIpc) is 3.95. The summed E-state index contributed by atoms with van der Waals surface area (Å²) in [5.74, 6) is -0.243. The van der Waals surface area contributed by atoms with Crippen molar-refractivity contribution in [3.05, 3.63) is 293 Å². The van der Waals surface area contributed by atoms with Gasteiger partial charge in [-0.3, -0.25) is 0 Å². The van der Waals surface area contributed by atoms with E-state index in [-0.39, 0.29) is 5.82 Å². The third-order valence-corrected chi connectivity index (χ3v) is 14.2. The molecule has 64 heavy (non-hydrogen) atoms. The predicted molar refractivity (Wildman–Crippen MR) is 260 cm³/mol. The summed E-state index contributed by atoms with van der Waals surface area (Å²) < 4.78 is 14.6. The van der Waals surface area contributed by atoms with Gasteiger partial charge in [0.15, 0.2) is 0 Å². The summed E-state index contributed by atoms with van der Waals surface area (Å²) in [6.07, 6.45) is 0. The van der Waals surface area contributed by atoms with Gasteiger partial charge >= 0.3 is 0 Å². The molecule has 0 atom stereocenters. The number of nitrogens with zero attached hydrogens (tertiary/aromatic N) is 1. The Hall–Kier alpha value is -8.07. The molecule has 300 valence electrons. The van der Waals surface area contributed by atoms with Crippen molar-refractivity contribution in [3.63, 3.8) is 0 Å². The van der Waals surface area contributed by atoms with E-state index in [2.05, 4.69) is 223 Å². The van der Waals surface area contributed by atoms with Gasteiger partial charge in [0, 0.05) is 17.1 Å². The van der Waals surface area contributed by atoms with E-state index in [0.717, 1.165) is 39.3 Å². The molecule has 0 saturated carbocycles. The number of anilines is 3. The van der Waals surface area contributed by atoms with Crippen LogP contribution in [0, 0.1) is 5.82 Å². The summed E-state index contributed by atoms with van der Waals surface area (Å²) in [5.41, 5.74) is 21.8. The summed E-state index contributed by atoms with van der Waals surface area (Å²) in [7, 11) is 0. The number of rotatable bonds is 6. The van der Waals surface area contributed by atoms with Gasteiger partial charge in [0.1, 0.15) is 5.82 Å². The monoisotopic (exact) mass is 817 g/mol. The highest BCUT2D eigenvalue weighted by atomic mass is 19.1. The second kappa shape index (κ2) is 14.0. The largest absolute Gasteiger partial charge is 0.310 e. The average molecular weight is 818 g/mol. The quantitative estimate of drug-likeness (QED) is 0.162. The van der Waals surface area contributed by atoms with E-state index in [4.69, 9.17) is 0 Å². The lowest BCUT2D eigenvalue weighted by Crippen LogP contribution is -2.28. The minimum Gasteiger partial charge on any atom is -0.310 e. The molecule has 10 aromatic carbocycles. The highest BCUT2D eigenvalue weighted by Crippen LogP contribution is 2.63. The fourth-order valence-corrected chi connectivity index (χ4v) is 11.7. The lowest BCUT2D eigenvalue weighted by molar-refractivity contribution is 0.625. The lowest BCUT2D eigenvalue weighted by Gasteiger charge is -2.34. The Morgan fingerprint density at radius 1 is 0.266 bits per heavy atom. The molecule has 13 rings (SSSR count). The van der Waals surface area contributed by atoms with Gasteiger partial charge in [-0.15, -0.1) is 0 Å². The number of fused-ring (bicyclic) bond motifs is 13. The van der Waals surface area contributed by atoms with Crippen molar-refractivity contribution >= 4 is 17.1 Å². The van der Waals surface area contributed by atoms with Crippen LogP contribution in [-0.4, -0.2) is 0 Å². The van der Waals surface area contributed by atoms with Crippen LogP contribution in [0.2, 0.25) is 0 Å². The maximum atomic E-state index is 14.6. The van der Waals surface area contributed by atoms with Gasteiger partial charge in [-0.1, -0.05) is 188 Å². The highest BCUT2D eigenvalue weighted by Gasteiger charge is 2.52. The molecule has 0 heterocycles. The summed E-state index contributed by atoms with van der Waals surface area (Å²) in [5, 5.41) is 0. The van der Waals surface area contributed by atoms with Crippen molar-refractivity contribution in [2.45, 2.75) is 10.8 Å². The molecule has 0 radical (unpaired) electrons. The molecule has 3 aliphatic rings. The van der Waals surface area contributed by atoms with E-state index in [1.54, 1.807) is 12.1 Å². The molecule has 0 amide bonds. The first-order valence-electron chi connectivity index (χ1n) is 22.1. The van der Waals surface area contributed by atoms with Crippen LogP contribution >= 0.6 is 0 Å². The fourth-order valence-electron chi connectivity index (χ4n) is 11.7. The fraction of sp³-hybridized carbons (Fsp3) is 0.0323. The van der Waals surface area contributed by atoms with Gasteiger partial charge in [0.25, 0.3) is 0 Å². The minimum atomic E-state index is -0.639. The molecule has 1 nitrogen and oxygen atoms in total. The van der Waals surface area contributed by atoms with Crippen LogP contribution in [0.15, 0.2) is 243 Å². The molecule has 0 fully saturated rings. The maximum absolute atomic E-state index is 14.6. The molecule has 0 bridgehead atoms. The van der Waals surface area contributed by atoms with Crippen molar-refractivity contribution in [2.24, 2.45) is 0 Å². The van der Waals surface area contributed by atoms with E-state index in [0.29, 0.717) is 0 Å². The number of hydrogen-bond acceptors (Lipinski definition) is 1. The topological polar surface area (TPSA) is 3.24 Å². The highest BCUT2D eigenvalue weighted by molar-refractivity contribution is 5.96. The Morgan fingerprint density at radius 2 is 0.688 bits per heavy atom. The number of halogens is 1. The van der Waals surface area contributed by atoms with E-state index in [9.17, 15) is 4.39 Å². The lowest BCUT2D eigenvalue weighted by atomic mass is 9.67. The van der Waals surface area contributed by atoms with Crippen molar-refractivity contribution in [1.82, 2.24) is 0 Å². The zero-order valence-electron chi connectivity index (χ0n) is 34.9. The van der Waals surface area contributed by atoms with Crippen LogP contribution in [0.1, 0.15) is 44.5 Å². The van der Waals surface area contributed by atoms with E-state index in [1.807, 2.05) is 12.1 Å². The van der Waals surface area contributed by atoms with E-state index in [1.165, 1.54) is 66.8 Å². The zero-order valence-corrected chi connectivity index (χ0v) is 34.9. The van der Waals surface area contributed by atoms with E-state index >= 15 is 0 Å². The molecule has 3 aliphatic carbocycles. The normalized spacial score (nSPS) is 14.0. The van der Waals surface area contributed by atoms with Crippen molar-refractivity contribution in [1.29, 1.82) is 0 Å². The molecule has 0 N–H and O–H groups in total. The Bertz CT molecular complexity index is 3360. The smallest absolute Gasteiger partial charge is 0.123 e. The Balaban J connectivity index is 0.989. The van der Waals surface area contributed by atoms with Crippen LogP contribution in [-0.2, 0) is 10.8 Å². The first-order valence-corrected chi connectivity index (χ1v) is 22.1. The molecule has 0 saturated heterocycles. The first kappa shape index (κ1) is 36.6. The Morgan fingerprint density at radius 3 is 1.23 bits per heavy atom. The second-order valence-electron chi connectivity index (χ2n) is 17.3. The number of hydrogen-bond donors (Lipinski definition) is 0. The molecular weight excluding hydrogens is 778 g/mol. The van der Waals surface area contributed by atoms with Crippen LogP contribution in [0.4, 0.5) is 21.5 Å². The molecule has 0 aliphatic heterocycles. The number of benzene rings is 10. The van der Waals surface area contributed by atoms with Crippen LogP contribution in [0.5, 0.6) is 0 Å². The SMILES string of the molecule is Fc1ccc(C2(c3cccc(-c4cccc(N(c5ccccc5)c5ccc6c(c5)C5(c7ccccc7-c7ccccc75)c5ccccc5-6)c4)c3)c3ccccc3-c3ccccc32)cc1. The third kappa shape index (κ3) is 4.99. The molecule has 1 spiro atoms. The molecule has 0 aromatic heterocycles. The van der Waals surface area contributed by atoms with Crippen LogP contribution < -0.4 is 4.90 Å². The molecule has 10 aromatic rings. The van der Waals surface area contributed by atoms with Crippen molar-refractivity contribution < 1.29 is 4.39 Å². The second-order valence-corrected chi connectivity index (χ2v) is 17.3. The Kier molecular flexibility index (Phi) is 7.98. The minimum absolute atomic E-state index is 0.243. The van der Waals surface area contributed by atoms with E-state index < -0.39 is 10.8 Å².